The van der Waals surface area contributed by atoms with E-state index in [-0.39, 0.29) is 0 Å². The van der Waals surface area contributed by atoms with Crippen molar-refractivity contribution in [3.8, 4) is 0 Å². The number of aromatic nitrogens is 2. The van der Waals surface area contributed by atoms with Crippen molar-refractivity contribution in [1.82, 2.24) is 9.97 Å². The van der Waals surface area contributed by atoms with Crippen molar-refractivity contribution in [1.29, 1.82) is 5.41 Å². The molecular weight excluding hydrogens is 188 g/mol. The molecule has 0 bridgehead atoms. The number of aryl methyl sites for hydroxylation is 2. The van der Waals surface area contributed by atoms with Crippen LogP contribution in [0.15, 0.2) is 17.7 Å². The third-order valence-electron chi connectivity index (χ3n) is 1.66. The third-order valence-corrected chi connectivity index (χ3v) is 1.66. The molecule has 1 heterocycles. The summed E-state index contributed by atoms with van der Waals surface area (Å²) in [6, 6.07) is 1.82. The van der Waals surface area contributed by atoms with E-state index in [0.29, 0.717) is 17.5 Å². The van der Waals surface area contributed by atoms with Gasteiger partial charge in [-0.3, -0.25) is 5.41 Å². The Balaban J connectivity index is 2.81. The van der Waals surface area contributed by atoms with Crippen molar-refractivity contribution in [3.05, 3.63) is 29.2 Å². The van der Waals surface area contributed by atoms with Gasteiger partial charge in [-0.25, -0.2) is 9.97 Å². The maximum absolute atomic E-state index is 7.65. The zero-order chi connectivity index (χ0) is 11.4. The van der Waals surface area contributed by atoms with Gasteiger partial charge in [-0.1, -0.05) is 5.57 Å². The second kappa shape index (κ2) is 4.68. The normalized spacial score (nSPS) is 9.60. The Morgan fingerprint density at radius 2 is 2.00 bits per heavy atom. The Morgan fingerprint density at radius 1 is 1.33 bits per heavy atom. The molecule has 4 nitrogen and oxygen atoms in total. The molecule has 2 N–H and O–H groups in total. The minimum atomic E-state index is 0.340. The highest BCUT2D eigenvalue weighted by molar-refractivity contribution is 6.01. The number of nitrogens with one attached hydrogen (secondary N) is 2. The van der Waals surface area contributed by atoms with Crippen LogP contribution in [-0.2, 0) is 0 Å². The summed E-state index contributed by atoms with van der Waals surface area (Å²) in [4.78, 5) is 8.35. The van der Waals surface area contributed by atoms with Gasteiger partial charge >= 0.3 is 0 Å². The van der Waals surface area contributed by atoms with E-state index in [0.717, 1.165) is 11.3 Å². The lowest BCUT2D eigenvalue weighted by atomic mass is 10.3. The van der Waals surface area contributed by atoms with Gasteiger partial charge in [0.1, 0.15) is 17.5 Å². The van der Waals surface area contributed by atoms with Crippen LogP contribution in [-0.4, -0.2) is 15.8 Å². The SMILES string of the molecule is CC(C)=CC(=N)Nc1cc(C)nc(C)n1. The summed E-state index contributed by atoms with van der Waals surface area (Å²) in [7, 11) is 0. The molecule has 0 saturated heterocycles. The molecule has 80 valence electrons. The van der Waals surface area contributed by atoms with Gasteiger partial charge in [0.05, 0.1) is 0 Å². The van der Waals surface area contributed by atoms with Crippen molar-refractivity contribution in [2.24, 2.45) is 0 Å². The minimum Gasteiger partial charge on any atom is -0.325 e. The largest absolute Gasteiger partial charge is 0.325 e. The first-order valence-corrected chi connectivity index (χ1v) is 4.80. The molecule has 0 fully saturated rings. The van der Waals surface area contributed by atoms with Crippen LogP contribution in [0, 0.1) is 19.3 Å². The van der Waals surface area contributed by atoms with E-state index >= 15 is 0 Å². The molecule has 0 aliphatic rings. The number of hydrogen-bond acceptors (Lipinski definition) is 3. The number of anilines is 1. The zero-order valence-corrected chi connectivity index (χ0v) is 9.55. The lowest BCUT2D eigenvalue weighted by Gasteiger charge is -2.05. The summed E-state index contributed by atoms with van der Waals surface area (Å²) < 4.78 is 0. The fraction of sp³-hybridized carbons (Fsp3) is 0.364. The predicted octanol–water partition coefficient (Wildman–Crippen LogP) is 2.45. The second-order valence-corrected chi connectivity index (χ2v) is 3.70. The van der Waals surface area contributed by atoms with Gasteiger partial charge in [0.15, 0.2) is 0 Å². The van der Waals surface area contributed by atoms with Gasteiger partial charge in [-0.2, -0.15) is 0 Å². The number of amidine groups is 1. The van der Waals surface area contributed by atoms with Crippen LogP contribution >= 0.6 is 0 Å². The molecule has 0 aliphatic carbocycles. The van der Waals surface area contributed by atoms with Gasteiger partial charge in [0.25, 0.3) is 0 Å². The highest BCUT2D eigenvalue weighted by atomic mass is 15.1. The van der Waals surface area contributed by atoms with E-state index in [1.54, 1.807) is 6.08 Å². The number of allylic oxidation sites excluding steroid dienone is 1. The highest BCUT2D eigenvalue weighted by Gasteiger charge is 1.99. The van der Waals surface area contributed by atoms with Crippen LogP contribution < -0.4 is 5.32 Å². The standard InChI is InChI=1S/C11H16N4/c1-7(2)5-10(12)15-11-6-8(3)13-9(4)14-11/h5-6H,1-4H3,(H2,12,13,14,15). The summed E-state index contributed by atoms with van der Waals surface area (Å²) in [6.07, 6.45) is 1.76. The molecule has 0 radical (unpaired) electrons. The Kier molecular flexibility index (Phi) is 3.55. The molecule has 0 spiro atoms. The van der Waals surface area contributed by atoms with Crippen LogP contribution in [0.2, 0.25) is 0 Å². The van der Waals surface area contributed by atoms with Gasteiger partial charge < -0.3 is 5.32 Å². The van der Waals surface area contributed by atoms with E-state index in [2.05, 4.69) is 15.3 Å². The van der Waals surface area contributed by atoms with E-state index in [1.165, 1.54) is 0 Å². The smallest absolute Gasteiger partial charge is 0.135 e. The average molecular weight is 204 g/mol. The maximum Gasteiger partial charge on any atom is 0.135 e. The van der Waals surface area contributed by atoms with E-state index in [4.69, 9.17) is 5.41 Å². The molecule has 1 aromatic heterocycles. The summed E-state index contributed by atoms with van der Waals surface area (Å²) in [6.45, 7) is 7.65. The lowest BCUT2D eigenvalue weighted by Crippen LogP contribution is -2.10. The molecule has 0 saturated carbocycles. The minimum absolute atomic E-state index is 0.340. The Bertz CT molecular complexity index is 383. The Hall–Kier alpha value is -1.71. The van der Waals surface area contributed by atoms with Gasteiger partial charge in [0, 0.05) is 11.8 Å². The molecular formula is C11H16N4. The predicted molar refractivity (Wildman–Crippen MR) is 62.3 cm³/mol. The van der Waals surface area contributed by atoms with Crippen LogP contribution in [0.3, 0.4) is 0 Å². The first-order chi connectivity index (χ1) is 6.97. The topological polar surface area (TPSA) is 61.7 Å². The molecule has 1 aromatic rings. The lowest BCUT2D eigenvalue weighted by molar-refractivity contribution is 1.02. The zero-order valence-electron chi connectivity index (χ0n) is 9.55. The van der Waals surface area contributed by atoms with Crippen molar-refractivity contribution in [2.75, 3.05) is 5.32 Å². The van der Waals surface area contributed by atoms with Gasteiger partial charge in [-0.05, 0) is 33.8 Å². The maximum atomic E-state index is 7.65. The van der Waals surface area contributed by atoms with Crippen molar-refractivity contribution in [3.63, 3.8) is 0 Å². The summed E-state index contributed by atoms with van der Waals surface area (Å²) in [5, 5.41) is 10.6. The quantitative estimate of drug-likeness (QED) is 0.574. The monoisotopic (exact) mass is 204 g/mol. The van der Waals surface area contributed by atoms with E-state index in [9.17, 15) is 0 Å². The summed E-state index contributed by atoms with van der Waals surface area (Å²) >= 11 is 0. The molecule has 0 amide bonds. The summed E-state index contributed by atoms with van der Waals surface area (Å²) in [5.74, 6) is 1.72. The van der Waals surface area contributed by atoms with Gasteiger partial charge in [-0.15, -0.1) is 0 Å². The third kappa shape index (κ3) is 3.89. The molecule has 4 heteroatoms. The van der Waals surface area contributed by atoms with Crippen LogP contribution in [0.4, 0.5) is 5.82 Å². The Labute approximate surface area is 90.0 Å². The van der Waals surface area contributed by atoms with Crippen LogP contribution in [0.1, 0.15) is 25.4 Å². The molecule has 1 rings (SSSR count). The van der Waals surface area contributed by atoms with E-state index < -0.39 is 0 Å². The van der Waals surface area contributed by atoms with Crippen LogP contribution in [0.5, 0.6) is 0 Å². The fourth-order valence-corrected chi connectivity index (χ4v) is 1.24. The molecule has 0 aliphatic heterocycles. The van der Waals surface area contributed by atoms with E-state index in [1.807, 2.05) is 33.8 Å². The fourth-order valence-electron chi connectivity index (χ4n) is 1.24. The number of rotatable bonds is 2. The molecule has 0 atom stereocenters. The number of nitrogens with zero attached hydrogens (tertiary/aromatic N) is 2. The molecule has 0 unspecified atom stereocenters. The van der Waals surface area contributed by atoms with Gasteiger partial charge in [0.2, 0.25) is 0 Å². The first-order valence-electron chi connectivity index (χ1n) is 4.80. The summed E-state index contributed by atoms with van der Waals surface area (Å²) in [5.41, 5.74) is 1.98. The molecule has 15 heavy (non-hydrogen) atoms. The molecule has 0 aromatic carbocycles. The van der Waals surface area contributed by atoms with Crippen molar-refractivity contribution < 1.29 is 0 Å². The van der Waals surface area contributed by atoms with Crippen LogP contribution in [0.25, 0.3) is 0 Å². The van der Waals surface area contributed by atoms with Crippen molar-refractivity contribution >= 4 is 11.7 Å². The average Bonchev–Trinajstić information content (AvgIpc) is 1.98. The second-order valence-electron chi connectivity index (χ2n) is 3.70. The highest BCUT2D eigenvalue weighted by Crippen LogP contribution is 2.05. The first kappa shape index (κ1) is 11.4. The van der Waals surface area contributed by atoms with Crippen molar-refractivity contribution in [2.45, 2.75) is 27.7 Å². The Morgan fingerprint density at radius 3 is 2.53 bits per heavy atom. The number of hydrogen-bond donors (Lipinski definition) is 2.